The second-order valence-corrected chi connectivity index (χ2v) is 6.51. The van der Waals surface area contributed by atoms with Crippen LogP contribution in [0.3, 0.4) is 0 Å². The quantitative estimate of drug-likeness (QED) is 0.716. The van der Waals surface area contributed by atoms with Gasteiger partial charge in [0.1, 0.15) is 0 Å². The molecule has 0 radical (unpaired) electrons. The van der Waals surface area contributed by atoms with E-state index >= 15 is 0 Å². The lowest BCUT2D eigenvalue weighted by Crippen LogP contribution is -2.23. The molecule has 4 heteroatoms. The van der Waals surface area contributed by atoms with Crippen LogP contribution in [0.1, 0.15) is 42.3 Å². The number of halogens is 2. The Bertz CT molecular complexity index is 565. The lowest BCUT2D eigenvalue weighted by Gasteiger charge is -2.21. The molecular formula is C16H19Cl2NS. The van der Waals surface area contributed by atoms with E-state index in [4.69, 9.17) is 23.2 Å². The lowest BCUT2D eigenvalue weighted by atomic mass is 10.0. The molecule has 0 saturated heterocycles. The second-order valence-electron chi connectivity index (χ2n) is 4.72. The molecule has 1 atom stereocenters. The predicted molar refractivity (Wildman–Crippen MR) is 90.3 cm³/mol. The van der Waals surface area contributed by atoms with Crippen molar-refractivity contribution in [2.24, 2.45) is 0 Å². The molecule has 0 aliphatic heterocycles. The second kappa shape index (κ2) is 7.46. The summed E-state index contributed by atoms with van der Waals surface area (Å²) in [6.45, 7) is 5.32. The Balaban J connectivity index is 2.41. The van der Waals surface area contributed by atoms with E-state index in [2.05, 4.69) is 30.6 Å². The number of thiophene rings is 1. The Morgan fingerprint density at radius 1 is 1.20 bits per heavy atom. The molecule has 1 unspecified atom stereocenters. The summed E-state index contributed by atoms with van der Waals surface area (Å²) in [5.74, 6) is 0. The van der Waals surface area contributed by atoms with Crippen LogP contribution < -0.4 is 5.32 Å². The van der Waals surface area contributed by atoms with Gasteiger partial charge in [-0.25, -0.2) is 0 Å². The average Bonchev–Trinajstić information content (AvgIpc) is 2.89. The van der Waals surface area contributed by atoms with Crippen molar-refractivity contribution in [2.75, 3.05) is 6.54 Å². The topological polar surface area (TPSA) is 12.0 Å². The minimum Gasteiger partial charge on any atom is -0.306 e. The third-order valence-corrected chi connectivity index (χ3v) is 4.88. The van der Waals surface area contributed by atoms with Crippen LogP contribution in [0.15, 0.2) is 29.6 Å². The van der Waals surface area contributed by atoms with E-state index in [1.165, 1.54) is 10.4 Å². The lowest BCUT2D eigenvalue weighted by molar-refractivity contribution is 0.603. The number of nitrogens with one attached hydrogen (secondary N) is 1. The third kappa shape index (κ3) is 3.56. The van der Waals surface area contributed by atoms with E-state index in [9.17, 15) is 0 Å². The van der Waals surface area contributed by atoms with Gasteiger partial charge in [-0.3, -0.25) is 0 Å². The Morgan fingerprint density at radius 2 is 2.00 bits per heavy atom. The molecule has 0 fully saturated rings. The van der Waals surface area contributed by atoms with Gasteiger partial charge in [0.2, 0.25) is 0 Å². The van der Waals surface area contributed by atoms with Gasteiger partial charge in [0.05, 0.1) is 6.04 Å². The SMILES string of the molecule is CCCNC(c1ccc(Cl)cc1Cl)c1sccc1CC. The van der Waals surface area contributed by atoms with Crippen LogP contribution in [0, 0.1) is 0 Å². The van der Waals surface area contributed by atoms with Gasteiger partial charge in [0, 0.05) is 14.9 Å². The average molecular weight is 328 g/mol. The van der Waals surface area contributed by atoms with E-state index in [1.807, 2.05) is 18.2 Å². The first-order chi connectivity index (χ1) is 9.67. The molecule has 0 aliphatic rings. The third-order valence-electron chi connectivity index (χ3n) is 3.30. The highest BCUT2D eigenvalue weighted by molar-refractivity contribution is 7.10. The Morgan fingerprint density at radius 3 is 2.65 bits per heavy atom. The maximum absolute atomic E-state index is 6.40. The standard InChI is InChI=1S/C16H19Cl2NS/c1-3-8-19-15(16-11(4-2)7-9-20-16)13-6-5-12(17)10-14(13)18/h5-7,9-10,15,19H,3-4,8H2,1-2H3. The van der Waals surface area contributed by atoms with Crippen molar-refractivity contribution in [3.63, 3.8) is 0 Å². The zero-order valence-electron chi connectivity index (χ0n) is 11.7. The molecule has 108 valence electrons. The van der Waals surface area contributed by atoms with E-state index < -0.39 is 0 Å². The van der Waals surface area contributed by atoms with Crippen LogP contribution >= 0.6 is 34.5 Å². The Hall–Kier alpha value is -0.540. The normalized spacial score (nSPS) is 12.6. The first kappa shape index (κ1) is 15.8. The molecule has 1 nitrogen and oxygen atoms in total. The van der Waals surface area contributed by atoms with Crippen LogP contribution in [0.25, 0.3) is 0 Å². The largest absolute Gasteiger partial charge is 0.306 e. The molecule has 0 bridgehead atoms. The van der Waals surface area contributed by atoms with E-state index in [1.54, 1.807) is 11.3 Å². The molecule has 20 heavy (non-hydrogen) atoms. The van der Waals surface area contributed by atoms with Crippen molar-refractivity contribution in [3.05, 3.63) is 55.7 Å². The Labute approximate surface area is 134 Å². The fourth-order valence-corrected chi connectivity index (χ4v) is 3.87. The molecule has 2 rings (SSSR count). The summed E-state index contributed by atoms with van der Waals surface area (Å²) in [4.78, 5) is 1.35. The summed E-state index contributed by atoms with van der Waals surface area (Å²) in [6.07, 6.45) is 2.13. The van der Waals surface area contributed by atoms with Gasteiger partial charge >= 0.3 is 0 Å². The van der Waals surface area contributed by atoms with Crippen molar-refractivity contribution < 1.29 is 0 Å². The highest BCUT2D eigenvalue weighted by atomic mass is 35.5. The van der Waals surface area contributed by atoms with Crippen molar-refractivity contribution >= 4 is 34.5 Å². The molecule has 2 aromatic rings. The highest BCUT2D eigenvalue weighted by Crippen LogP contribution is 2.35. The maximum Gasteiger partial charge on any atom is 0.0688 e. The molecule has 0 saturated carbocycles. The molecule has 0 amide bonds. The van der Waals surface area contributed by atoms with Gasteiger partial charge < -0.3 is 5.32 Å². The fourth-order valence-electron chi connectivity index (χ4n) is 2.26. The van der Waals surface area contributed by atoms with Crippen molar-refractivity contribution in [2.45, 2.75) is 32.7 Å². The van der Waals surface area contributed by atoms with Gasteiger partial charge in [0.25, 0.3) is 0 Å². The van der Waals surface area contributed by atoms with Crippen molar-refractivity contribution in [1.82, 2.24) is 5.32 Å². The molecular weight excluding hydrogens is 309 g/mol. The molecule has 1 heterocycles. The van der Waals surface area contributed by atoms with E-state index in [0.717, 1.165) is 30.0 Å². The van der Waals surface area contributed by atoms with Crippen LogP contribution in [0.4, 0.5) is 0 Å². The molecule has 1 aromatic carbocycles. The minimum absolute atomic E-state index is 0.148. The first-order valence-electron chi connectivity index (χ1n) is 6.92. The molecule has 1 N–H and O–H groups in total. The summed E-state index contributed by atoms with van der Waals surface area (Å²) in [7, 11) is 0. The number of aryl methyl sites for hydroxylation is 1. The smallest absolute Gasteiger partial charge is 0.0688 e. The summed E-state index contributed by atoms with van der Waals surface area (Å²) in [5.41, 5.74) is 2.48. The maximum atomic E-state index is 6.40. The molecule has 0 aliphatic carbocycles. The summed E-state index contributed by atoms with van der Waals surface area (Å²) < 4.78 is 0. The van der Waals surface area contributed by atoms with Crippen LogP contribution in [-0.4, -0.2) is 6.54 Å². The van der Waals surface area contributed by atoms with Gasteiger partial charge in [-0.2, -0.15) is 0 Å². The highest BCUT2D eigenvalue weighted by Gasteiger charge is 2.20. The van der Waals surface area contributed by atoms with Gasteiger partial charge in [0.15, 0.2) is 0 Å². The summed E-state index contributed by atoms with van der Waals surface area (Å²) >= 11 is 14.2. The molecule has 0 spiro atoms. The monoisotopic (exact) mass is 327 g/mol. The van der Waals surface area contributed by atoms with Crippen molar-refractivity contribution in [1.29, 1.82) is 0 Å². The van der Waals surface area contributed by atoms with Crippen LogP contribution in [0.5, 0.6) is 0 Å². The van der Waals surface area contributed by atoms with Crippen molar-refractivity contribution in [3.8, 4) is 0 Å². The van der Waals surface area contributed by atoms with E-state index in [0.29, 0.717) is 5.02 Å². The molecule has 1 aromatic heterocycles. The van der Waals surface area contributed by atoms with Gasteiger partial charge in [-0.1, -0.05) is 43.1 Å². The number of hydrogen-bond acceptors (Lipinski definition) is 2. The van der Waals surface area contributed by atoms with Gasteiger partial charge in [-0.05, 0) is 54.1 Å². The Kier molecular flexibility index (Phi) is 5.91. The number of rotatable bonds is 6. The van der Waals surface area contributed by atoms with Gasteiger partial charge in [-0.15, -0.1) is 11.3 Å². The number of hydrogen-bond donors (Lipinski definition) is 1. The fraction of sp³-hybridized carbons (Fsp3) is 0.375. The van der Waals surface area contributed by atoms with E-state index in [-0.39, 0.29) is 6.04 Å². The summed E-state index contributed by atoms with van der Waals surface area (Å²) in [6, 6.07) is 8.09. The first-order valence-corrected chi connectivity index (χ1v) is 8.55. The van der Waals surface area contributed by atoms with Crippen LogP contribution in [0.2, 0.25) is 10.0 Å². The minimum atomic E-state index is 0.148. The number of benzene rings is 1. The zero-order chi connectivity index (χ0) is 14.5. The zero-order valence-corrected chi connectivity index (χ0v) is 14.1. The van der Waals surface area contributed by atoms with Crippen LogP contribution in [-0.2, 0) is 6.42 Å². The predicted octanol–water partition coefficient (Wildman–Crippen LogP) is 5.71. The summed E-state index contributed by atoms with van der Waals surface area (Å²) in [5, 5.41) is 7.16.